The normalized spacial score (nSPS) is 33.5. The molecule has 1 aliphatic carbocycles. The van der Waals surface area contributed by atoms with E-state index in [9.17, 15) is 4.79 Å². The van der Waals surface area contributed by atoms with E-state index in [1.807, 2.05) is 12.3 Å². The maximum Gasteiger partial charge on any atom is 0.238 e. The van der Waals surface area contributed by atoms with E-state index in [1.165, 1.54) is 51.4 Å². The number of rotatable bonds is 4. The standard InChI is InChI=1S/C21H30N4O/c26-21(14-25-18-2-1-3-19(25)8-7-18)23-17-6-9-20(22-11-17)24-12-15-4-5-16(10-15)13-24/h6,9,11,15-16,18-19H,1-5,7-8,10,12-14H2,(H,23,26). The second-order valence-electron chi connectivity index (χ2n) is 8.89. The van der Waals surface area contributed by atoms with Crippen LogP contribution in [0.3, 0.4) is 0 Å². The van der Waals surface area contributed by atoms with Gasteiger partial charge in [0, 0.05) is 25.2 Å². The van der Waals surface area contributed by atoms with Gasteiger partial charge in [-0.3, -0.25) is 9.69 Å². The van der Waals surface area contributed by atoms with Crippen molar-refractivity contribution in [2.24, 2.45) is 11.8 Å². The van der Waals surface area contributed by atoms with E-state index in [4.69, 9.17) is 0 Å². The third kappa shape index (κ3) is 3.22. The van der Waals surface area contributed by atoms with Gasteiger partial charge in [-0.05, 0) is 68.9 Å². The lowest BCUT2D eigenvalue weighted by atomic mass is 9.99. The fourth-order valence-electron chi connectivity index (χ4n) is 5.89. The third-order valence-electron chi connectivity index (χ3n) is 7.13. The van der Waals surface area contributed by atoms with Gasteiger partial charge in [0.25, 0.3) is 0 Å². The Hall–Kier alpha value is -1.62. The molecule has 4 aliphatic rings. The van der Waals surface area contributed by atoms with Crippen LogP contribution in [0, 0.1) is 11.8 Å². The van der Waals surface area contributed by atoms with Crippen molar-refractivity contribution < 1.29 is 4.79 Å². The number of hydrogen-bond acceptors (Lipinski definition) is 4. The Morgan fingerprint density at radius 2 is 1.77 bits per heavy atom. The Balaban J connectivity index is 1.18. The van der Waals surface area contributed by atoms with E-state index in [2.05, 4.69) is 26.2 Å². The van der Waals surface area contributed by atoms with Crippen molar-refractivity contribution in [3.05, 3.63) is 18.3 Å². The highest BCUT2D eigenvalue weighted by Gasteiger charge is 2.37. The molecule has 1 N–H and O–H groups in total. The first-order valence-corrected chi connectivity index (χ1v) is 10.5. The lowest BCUT2D eigenvalue weighted by Crippen LogP contribution is -2.44. The minimum atomic E-state index is 0.106. The van der Waals surface area contributed by atoms with Crippen molar-refractivity contribution in [1.82, 2.24) is 9.88 Å². The molecule has 1 amide bonds. The summed E-state index contributed by atoms with van der Waals surface area (Å²) in [5, 5.41) is 3.06. The van der Waals surface area contributed by atoms with E-state index < -0.39 is 0 Å². The molecule has 1 aromatic rings. The Labute approximate surface area is 156 Å². The molecule has 1 saturated carbocycles. The molecule has 5 nitrogen and oxygen atoms in total. The molecule has 4 bridgehead atoms. The van der Waals surface area contributed by atoms with E-state index >= 15 is 0 Å². The van der Waals surface area contributed by atoms with Gasteiger partial charge < -0.3 is 10.2 Å². The number of anilines is 2. The summed E-state index contributed by atoms with van der Waals surface area (Å²) in [6.45, 7) is 2.83. The Kier molecular flexibility index (Phi) is 4.35. The molecule has 4 heterocycles. The number of nitrogens with one attached hydrogen (secondary N) is 1. The van der Waals surface area contributed by atoms with Crippen LogP contribution in [0.25, 0.3) is 0 Å². The minimum Gasteiger partial charge on any atom is -0.356 e. The van der Waals surface area contributed by atoms with E-state index in [0.29, 0.717) is 18.6 Å². The van der Waals surface area contributed by atoms with Gasteiger partial charge in [0.2, 0.25) is 5.91 Å². The first-order valence-electron chi connectivity index (χ1n) is 10.5. The number of carbonyl (C=O) groups excluding carboxylic acids is 1. The highest BCUT2D eigenvalue weighted by Crippen LogP contribution is 2.38. The van der Waals surface area contributed by atoms with Gasteiger partial charge in [0.1, 0.15) is 5.82 Å². The van der Waals surface area contributed by atoms with Gasteiger partial charge in [0.15, 0.2) is 0 Å². The summed E-state index contributed by atoms with van der Waals surface area (Å²) in [4.78, 5) is 22.0. The van der Waals surface area contributed by atoms with Gasteiger partial charge >= 0.3 is 0 Å². The SMILES string of the molecule is O=C(CN1C2CCCC1CC2)Nc1ccc(N2CC3CCC(C3)C2)nc1. The van der Waals surface area contributed by atoms with Gasteiger partial charge in [0.05, 0.1) is 18.4 Å². The molecule has 26 heavy (non-hydrogen) atoms. The molecule has 5 rings (SSSR count). The maximum absolute atomic E-state index is 12.5. The molecule has 1 aromatic heterocycles. The number of aromatic nitrogens is 1. The number of pyridine rings is 1. The average molecular weight is 354 g/mol. The molecule has 5 heteroatoms. The molecular weight excluding hydrogens is 324 g/mol. The average Bonchev–Trinajstić information content (AvgIpc) is 3.08. The summed E-state index contributed by atoms with van der Waals surface area (Å²) in [6, 6.07) is 5.36. The molecule has 4 atom stereocenters. The molecule has 140 valence electrons. The predicted molar refractivity (Wildman–Crippen MR) is 103 cm³/mol. The number of hydrogen-bond donors (Lipinski definition) is 1. The summed E-state index contributed by atoms with van der Waals surface area (Å²) in [7, 11) is 0. The Morgan fingerprint density at radius 3 is 2.42 bits per heavy atom. The first-order chi connectivity index (χ1) is 12.7. The monoisotopic (exact) mass is 354 g/mol. The van der Waals surface area contributed by atoms with Crippen LogP contribution in [0.15, 0.2) is 18.3 Å². The quantitative estimate of drug-likeness (QED) is 0.901. The van der Waals surface area contributed by atoms with Crippen LogP contribution in [-0.2, 0) is 4.79 Å². The second-order valence-corrected chi connectivity index (χ2v) is 8.89. The van der Waals surface area contributed by atoms with E-state index in [-0.39, 0.29) is 5.91 Å². The lowest BCUT2D eigenvalue weighted by molar-refractivity contribution is -0.118. The van der Waals surface area contributed by atoms with Crippen LogP contribution in [0.4, 0.5) is 11.5 Å². The summed E-state index contributed by atoms with van der Waals surface area (Å²) in [6.07, 6.45) is 12.4. The maximum atomic E-state index is 12.5. The third-order valence-corrected chi connectivity index (χ3v) is 7.13. The van der Waals surface area contributed by atoms with Gasteiger partial charge in [-0.15, -0.1) is 0 Å². The molecule has 3 aliphatic heterocycles. The second kappa shape index (κ2) is 6.84. The zero-order valence-electron chi connectivity index (χ0n) is 15.6. The highest BCUT2D eigenvalue weighted by molar-refractivity contribution is 5.92. The molecule has 4 unspecified atom stereocenters. The minimum absolute atomic E-state index is 0.106. The van der Waals surface area contributed by atoms with Crippen LogP contribution in [0.5, 0.6) is 0 Å². The fraction of sp³-hybridized carbons (Fsp3) is 0.714. The number of amides is 1. The smallest absolute Gasteiger partial charge is 0.238 e. The van der Waals surface area contributed by atoms with Gasteiger partial charge in [-0.1, -0.05) is 6.42 Å². The molecular formula is C21H30N4O. The topological polar surface area (TPSA) is 48.5 Å². The van der Waals surface area contributed by atoms with Crippen LogP contribution < -0.4 is 10.2 Å². The number of piperidine rings is 2. The van der Waals surface area contributed by atoms with Gasteiger partial charge in [-0.2, -0.15) is 0 Å². The summed E-state index contributed by atoms with van der Waals surface area (Å²) in [5.41, 5.74) is 0.822. The Bertz CT molecular complexity index is 632. The van der Waals surface area contributed by atoms with Crippen molar-refractivity contribution in [2.45, 2.75) is 63.5 Å². The zero-order valence-corrected chi connectivity index (χ0v) is 15.6. The highest BCUT2D eigenvalue weighted by atomic mass is 16.2. The lowest BCUT2D eigenvalue weighted by Gasteiger charge is -2.34. The van der Waals surface area contributed by atoms with E-state index in [1.54, 1.807) is 0 Å². The number of fused-ring (bicyclic) bond motifs is 4. The summed E-state index contributed by atoms with van der Waals surface area (Å²) < 4.78 is 0. The number of nitrogens with zero attached hydrogens (tertiary/aromatic N) is 3. The van der Waals surface area contributed by atoms with Crippen LogP contribution in [0.1, 0.15) is 51.4 Å². The van der Waals surface area contributed by atoms with Crippen molar-refractivity contribution in [3.63, 3.8) is 0 Å². The summed E-state index contributed by atoms with van der Waals surface area (Å²) in [5.74, 6) is 2.88. The Morgan fingerprint density at radius 1 is 1.04 bits per heavy atom. The first kappa shape index (κ1) is 16.5. The van der Waals surface area contributed by atoms with Crippen molar-refractivity contribution in [3.8, 4) is 0 Å². The van der Waals surface area contributed by atoms with Crippen LogP contribution in [0.2, 0.25) is 0 Å². The molecule has 3 saturated heterocycles. The van der Waals surface area contributed by atoms with Crippen molar-refractivity contribution in [2.75, 3.05) is 29.9 Å². The molecule has 0 radical (unpaired) electrons. The molecule has 0 spiro atoms. The zero-order chi connectivity index (χ0) is 17.5. The van der Waals surface area contributed by atoms with Crippen LogP contribution >= 0.6 is 0 Å². The molecule has 0 aromatic carbocycles. The largest absolute Gasteiger partial charge is 0.356 e. The number of carbonyl (C=O) groups is 1. The predicted octanol–water partition coefficient (Wildman–Crippen LogP) is 3.27. The van der Waals surface area contributed by atoms with Gasteiger partial charge in [-0.25, -0.2) is 4.98 Å². The summed E-state index contributed by atoms with van der Waals surface area (Å²) >= 11 is 0. The van der Waals surface area contributed by atoms with Crippen molar-refractivity contribution in [1.29, 1.82) is 0 Å². The fourth-order valence-corrected chi connectivity index (χ4v) is 5.89. The van der Waals surface area contributed by atoms with Crippen molar-refractivity contribution >= 4 is 17.4 Å². The molecule has 4 fully saturated rings. The van der Waals surface area contributed by atoms with E-state index in [0.717, 1.165) is 36.4 Å². The van der Waals surface area contributed by atoms with Crippen LogP contribution in [-0.4, -0.2) is 47.5 Å².